The first-order valence-electron chi connectivity index (χ1n) is 7.42. The molecule has 0 spiro atoms. The SMILES string of the molecule is Cc1ccc(C(=O)N2CCC(NC(=O)C(F)(F)F)CC2)cc1C. The number of hydrogen-bond acceptors (Lipinski definition) is 2. The van der Waals surface area contributed by atoms with Crippen LogP contribution in [0.25, 0.3) is 0 Å². The highest BCUT2D eigenvalue weighted by Gasteiger charge is 2.40. The van der Waals surface area contributed by atoms with Crippen LogP contribution in [0.15, 0.2) is 18.2 Å². The standard InChI is InChI=1S/C16H19F3N2O2/c1-10-3-4-12(9-11(10)2)14(22)21-7-5-13(6-8-21)20-15(23)16(17,18)19/h3-4,9,13H,5-8H2,1-2H3,(H,20,23). The topological polar surface area (TPSA) is 49.4 Å². The molecule has 23 heavy (non-hydrogen) atoms. The Bertz CT molecular complexity index is 606. The molecular weight excluding hydrogens is 309 g/mol. The number of likely N-dealkylation sites (tertiary alicyclic amines) is 1. The van der Waals surface area contributed by atoms with E-state index in [0.717, 1.165) is 11.1 Å². The summed E-state index contributed by atoms with van der Waals surface area (Å²) in [7, 11) is 0. The van der Waals surface area contributed by atoms with Crippen LogP contribution in [0.3, 0.4) is 0 Å². The maximum absolute atomic E-state index is 12.4. The number of alkyl halides is 3. The molecule has 0 unspecified atom stereocenters. The van der Waals surface area contributed by atoms with Crippen molar-refractivity contribution in [1.82, 2.24) is 10.2 Å². The number of amides is 2. The van der Waals surface area contributed by atoms with E-state index >= 15 is 0 Å². The van der Waals surface area contributed by atoms with Gasteiger partial charge in [0.25, 0.3) is 5.91 Å². The van der Waals surface area contributed by atoms with E-state index < -0.39 is 18.1 Å². The number of carbonyl (C=O) groups is 2. The first kappa shape index (κ1) is 17.3. The molecule has 4 nitrogen and oxygen atoms in total. The van der Waals surface area contributed by atoms with Crippen LogP contribution in [0.4, 0.5) is 13.2 Å². The lowest BCUT2D eigenvalue weighted by atomic mass is 10.0. The zero-order chi connectivity index (χ0) is 17.2. The fourth-order valence-electron chi connectivity index (χ4n) is 2.55. The van der Waals surface area contributed by atoms with Gasteiger partial charge in [0, 0.05) is 24.7 Å². The molecule has 7 heteroatoms. The average Bonchev–Trinajstić information content (AvgIpc) is 2.49. The van der Waals surface area contributed by atoms with Gasteiger partial charge in [0.15, 0.2) is 0 Å². The first-order chi connectivity index (χ1) is 10.7. The van der Waals surface area contributed by atoms with Crippen molar-refractivity contribution in [2.45, 2.75) is 38.9 Å². The van der Waals surface area contributed by atoms with E-state index in [1.807, 2.05) is 31.3 Å². The Balaban J connectivity index is 1.92. The lowest BCUT2D eigenvalue weighted by molar-refractivity contribution is -0.174. The predicted octanol–water partition coefficient (Wildman–Crippen LogP) is 2.59. The molecule has 0 atom stereocenters. The molecule has 1 heterocycles. The molecule has 1 aromatic rings. The molecule has 126 valence electrons. The van der Waals surface area contributed by atoms with Crippen molar-refractivity contribution in [3.63, 3.8) is 0 Å². The quantitative estimate of drug-likeness (QED) is 0.907. The Morgan fingerprint density at radius 2 is 1.74 bits per heavy atom. The largest absolute Gasteiger partial charge is 0.471 e. The Hall–Kier alpha value is -2.05. The summed E-state index contributed by atoms with van der Waals surface area (Å²) in [5.41, 5.74) is 2.68. The van der Waals surface area contributed by atoms with Gasteiger partial charge in [-0.1, -0.05) is 6.07 Å². The monoisotopic (exact) mass is 328 g/mol. The highest BCUT2D eigenvalue weighted by Crippen LogP contribution is 2.19. The van der Waals surface area contributed by atoms with E-state index in [1.165, 1.54) is 0 Å². The smallest absolute Gasteiger partial charge is 0.345 e. The number of aryl methyl sites for hydroxylation is 2. The Labute approximate surface area is 132 Å². The van der Waals surface area contributed by atoms with E-state index in [1.54, 1.807) is 11.0 Å². The van der Waals surface area contributed by atoms with Gasteiger partial charge in [-0.2, -0.15) is 13.2 Å². The van der Waals surface area contributed by atoms with E-state index in [-0.39, 0.29) is 5.91 Å². The number of rotatable bonds is 2. The molecule has 0 radical (unpaired) electrons. The highest BCUT2D eigenvalue weighted by molar-refractivity contribution is 5.94. The van der Waals surface area contributed by atoms with Gasteiger partial charge in [-0.25, -0.2) is 0 Å². The van der Waals surface area contributed by atoms with Crippen molar-refractivity contribution >= 4 is 11.8 Å². The van der Waals surface area contributed by atoms with Crippen molar-refractivity contribution in [1.29, 1.82) is 0 Å². The molecule has 1 saturated heterocycles. The van der Waals surface area contributed by atoms with Crippen LogP contribution in [0.1, 0.15) is 34.3 Å². The third-order valence-corrected chi connectivity index (χ3v) is 4.13. The Morgan fingerprint density at radius 3 is 2.26 bits per heavy atom. The maximum Gasteiger partial charge on any atom is 0.471 e. The Kier molecular flexibility index (Phi) is 4.97. The normalized spacial score (nSPS) is 16.3. The minimum atomic E-state index is -4.87. The van der Waals surface area contributed by atoms with Crippen molar-refractivity contribution in [2.75, 3.05) is 13.1 Å². The molecule has 1 aliphatic heterocycles. The predicted molar refractivity (Wildman–Crippen MR) is 79.0 cm³/mol. The Morgan fingerprint density at radius 1 is 1.13 bits per heavy atom. The fraction of sp³-hybridized carbons (Fsp3) is 0.500. The van der Waals surface area contributed by atoms with Gasteiger partial charge in [-0.3, -0.25) is 9.59 Å². The van der Waals surface area contributed by atoms with Gasteiger partial charge >= 0.3 is 12.1 Å². The minimum Gasteiger partial charge on any atom is -0.345 e. The van der Waals surface area contributed by atoms with Crippen molar-refractivity contribution in [3.05, 3.63) is 34.9 Å². The summed E-state index contributed by atoms with van der Waals surface area (Å²) in [6.07, 6.45) is -4.23. The van der Waals surface area contributed by atoms with Gasteiger partial charge in [-0.05, 0) is 49.9 Å². The van der Waals surface area contributed by atoms with Crippen LogP contribution in [0, 0.1) is 13.8 Å². The molecule has 0 bridgehead atoms. The molecule has 1 aliphatic rings. The van der Waals surface area contributed by atoms with E-state index in [9.17, 15) is 22.8 Å². The highest BCUT2D eigenvalue weighted by atomic mass is 19.4. The summed E-state index contributed by atoms with van der Waals surface area (Å²) in [6.45, 7) is 4.53. The zero-order valence-corrected chi connectivity index (χ0v) is 13.0. The van der Waals surface area contributed by atoms with Gasteiger partial charge in [0.2, 0.25) is 0 Å². The molecule has 1 fully saturated rings. The zero-order valence-electron chi connectivity index (χ0n) is 13.0. The third-order valence-electron chi connectivity index (χ3n) is 4.13. The second-order valence-electron chi connectivity index (χ2n) is 5.84. The number of halogens is 3. The van der Waals surface area contributed by atoms with Crippen LogP contribution < -0.4 is 5.32 Å². The van der Waals surface area contributed by atoms with Crippen LogP contribution in [0.5, 0.6) is 0 Å². The molecule has 1 aromatic carbocycles. The molecular formula is C16H19F3N2O2. The molecule has 2 amide bonds. The number of benzene rings is 1. The lowest BCUT2D eigenvalue weighted by Gasteiger charge is -2.32. The number of piperidine rings is 1. The van der Waals surface area contributed by atoms with Gasteiger partial charge in [0.05, 0.1) is 0 Å². The molecule has 0 aliphatic carbocycles. The van der Waals surface area contributed by atoms with Gasteiger partial charge in [-0.15, -0.1) is 0 Å². The second-order valence-corrected chi connectivity index (χ2v) is 5.84. The molecule has 0 aromatic heterocycles. The minimum absolute atomic E-state index is 0.131. The van der Waals surface area contributed by atoms with E-state index in [2.05, 4.69) is 0 Å². The number of nitrogens with one attached hydrogen (secondary N) is 1. The lowest BCUT2D eigenvalue weighted by Crippen LogP contribution is -2.49. The van der Waals surface area contributed by atoms with E-state index in [4.69, 9.17) is 0 Å². The first-order valence-corrected chi connectivity index (χ1v) is 7.42. The number of carbonyl (C=O) groups excluding carboxylic acids is 2. The summed E-state index contributed by atoms with van der Waals surface area (Å²) in [5, 5.41) is 1.97. The van der Waals surface area contributed by atoms with Crippen molar-refractivity contribution in [3.8, 4) is 0 Å². The van der Waals surface area contributed by atoms with Crippen LogP contribution >= 0.6 is 0 Å². The number of hydrogen-bond donors (Lipinski definition) is 1. The molecule has 0 saturated carbocycles. The summed E-state index contributed by atoms with van der Waals surface area (Å²) in [6, 6.07) is 4.89. The van der Waals surface area contributed by atoms with Crippen LogP contribution in [0.2, 0.25) is 0 Å². The van der Waals surface area contributed by atoms with Crippen LogP contribution in [-0.4, -0.2) is 42.0 Å². The summed E-state index contributed by atoms with van der Waals surface area (Å²) >= 11 is 0. The number of nitrogens with zero attached hydrogens (tertiary/aromatic N) is 1. The molecule has 2 rings (SSSR count). The van der Waals surface area contributed by atoms with Gasteiger partial charge in [0.1, 0.15) is 0 Å². The second kappa shape index (κ2) is 6.60. The van der Waals surface area contributed by atoms with Crippen molar-refractivity contribution < 1.29 is 22.8 Å². The summed E-state index contributed by atoms with van der Waals surface area (Å²) in [4.78, 5) is 24.9. The maximum atomic E-state index is 12.4. The average molecular weight is 328 g/mol. The van der Waals surface area contributed by atoms with Gasteiger partial charge < -0.3 is 10.2 Å². The van der Waals surface area contributed by atoms with Crippen molar-refractivity contribution in [2.24, 2.45) is 0 Å². The summed E-state index contributed by atoms with van der Waals surface area (Å²) < 4.78 is 36.7. The third kappa shape index (κ3) is 4.24. The molecule has 1 N–H and O–H groups in total. The van der Waals surface area contributed by atoms with Crippen LogP contribution in [-0.2, 0) is 4.79 Å². The summed E-state index contributed by atoms with van der Waals surface area (Å²) in [5.74, 6) is -2.05. The van der Waals surface area contributed by atoms with E-state index in [0.29, 0.717) is 31.5 Å². The fourth-order valence-corrected chi connectivity index (χ4v) is 2.55.